The highest BCUT2D eigenvalue weighted by Crippen LogP contribution is 2.19. The second kappa shape index (κ2) is 11.0. The fourth-order valence-corrected chi connectivity index (χ4v) is 1.94. The van der Waals surface area contributed by atoms with Gasteiger partial charge < -0.3 is 5.11 Å². The molecule has 14 heavy (non-hydrogen) atoms. The molecule has 0 aliphatic carbocycles. The van der Waals surface area contributed by atoms with E-state index in [1.54, 1.807) is 0 Å². The maximum absolute atomic E-state index is 8.64. The lowest BCUT2D eigenvalue weighted by Gasteiger charge is -2.13. The molecule has 86 valence electrons. The summed E-state index contributed by atoms with van der Waals surface area (Å²) in [6, 6.07) is 0. The normalized spacial score (nSPS) is 13.1. The summed E-state index contributed by atoms with van der Waals surface area (Å²) in [5, 5.41) is 8.64. The van der Waals surface area contributed by atoms with Crippen LogP contribution in [0.2, 0.25) is 0 Å². The van der Waals surface area contributed by atoms with Gasteiger partial charge in [0.25, 0.3) is 0 Å². The van der Waals surface area contributed by atoms with Crippen molar-refractivity contribution in [3.8, 4) is 0 Å². The summed E-state index contributed by atoms with van der Waals surface area (Å²) in [7, 11) is 0. The highest BCUT2D eigenvalue weighted by atomic mass is 16.2. The van der Waals surface area contributed by atoms with Gasteiger partial charge >= 0.3 is 0 Å². The molecular weight excluding hydrogens is 172 g/mol. The first-order valence-electron chi connectivity index (χ1n) is 6.46. The van der Waals surface area contributed by atoms with E-state index in [2.05, 4.69) is 13.8 Å². The first-order chi connectivity index (χ1) is 6.85. The Hall–Kier alpha value is -0.0400. The van der Waals surface area contributed by atoms with Crippen LogP contribution >= 0.6 is 0 Å². The molecule has 0 rings (SSSR count). The number of hydrogen-bond donors (Lipinski definition) is 1. The maximum Gasteiger partial charge on any atom is 0.0431 e. The molecule has 0 saturated heterocycles. The smallest absolute Gasteiger partial charge is 0.0431 e. The van der Waals surface area contributed by atoms with E-state index in [4.69, 9.17) is 5.11 Å². The fraction of sp³-hybridized carbons (Fsp3) is 1.00. The minimum absolute atomic E-state index is 0.368. The monoisotopic (exact) mass is 200 g/mol. The van der Waals surface area contributed by atoms with Crippen molar-refractivity contribution in [1.82, 2.24) is 0 Å². The Kier molecular flexibility index (Phi) is 11.0. The summed E-state index contributed by atoms with van der Waals surface area (Å²) < 4.78 is 0. The van der Waals surface area contributed by atoms with Crippen LogP contribution in [0, 0.1) is 5.92 Å². The topological polar surface area (TPSA) is 20.2 Å². The SMILES string of the molecule is CCCCC(CC)CCCCCCO. The van der Waals surface area contributed by atoms with Gasteiger partial charge in [0.05, 0.1) is 0 Å². The average molecular weight is 200 g/mol. The molecule has 0 heterocycles. The van der Waals surface area contributed by atoms with Crippen molar-refractivity contribution in [3.05, 3.63) is 0 Å². The maximum atomic E-state index is 8.64. The predicted octanol–water partition coefficient (Wildman–Crippen LogP) is 4.15. The second-order valence-electron chi connectivity index (χ2n) is 4.34. The Morgan fingerprint density at radius 3 is 2.07 bits per heavy atom. The zero-order valence-corrected chi connectivity index (χ0v) is 10.1. The first-order valence-corrected chi connectivity index (χ1v) is 6.46. The van der Waals surface area contributed by atoms with Gasteiger partial charge in [-0.1, -0.05) is 65.2 Å². The van der Waals surface area contributed by atoms with Crippen LogP contribution in [0.5, 0.6) is 0 Å². The summed E-state index contributed by atoms with van der Waals surface area (Å²) in [4.78, 5) is 0. The number of aliphatic hydroxyl groups is 1. The van der Waals surface area contributed by atoms with E-state index in [0.717, 1.165) is 12.3 Å². The third-order valence-electron chi connectivity index (χ3n) is 3.06. The lowest BCUT2D eigenvalue weighted by atomic mass is 9.93. The Morgan fingerprint density at radius 1 is 0.857 bits per heavy atom. The van der Waals surface area contributed by atoms with Gasteiger partial charge in [-0.05, 0) is 12.3 Å². The van der Waals surface area contributed by atoms with Crippen LogP contribution < -0.4 is 0 Å². The van der Waals surface area contributed by atoms with Gasteiger partial charge in [-0.2, -0.15) is 0 Å². The molecule has 0 radical (unpaired) electrons. The van der Waals surface area contributed by atoms with Gasteiger partial charge in [-0.3, -0.25) is 0 Å². The predicted molar refractivity (Wildman–Crippen MR) is 63.5 cm³/mol. The average Bonchev–Trinajstić information content (AvgIpc) is 2.22. The summed E-state index contributed by atoms with van der Waals surface area (Å²) in [5.41, 5.74) is 0. The second-order valence-corrected chi connectivity index (χ2v) is 4.34. The molecule has 0 spiro atoms. The number of aliphatic hydroxyl groups excluding tert-OH is 1. The van der Waals surface area contributed by atoms with Gasteiger partial charge in [-0.25, -0.2) is 0 Å². The lowest BCUT2D eigenvalue weighted by Crippen LogP contribution is -1.98. The van der Waals surface area contributed by atoms with E-state index in [-0.39, 0.29) is 0 Å². The zero-order chi connectivity index (χ0) is 10.6. The van der Waals surface area contributed by atoms with Crippen molar-refractivity contribution in [2.24, 2.45) is 5.92 Å². The quantitative estimate of drug-likeness (QED) is 0.525. The Bertz CT molecular complexity index is 101. The van der Waals surface area contributed by atoms with Crippen molar-refractivity contribution in [3.63, 3.8) is 0 Å². The summed E-state index contributed by atoms with van der Waals surface area (Å²) in [5.74, 6) is 0.962. The third kappa shape index (κ3) is 8.55. The van der Waals surface area contributed by atoms with Crippen LogP contribution in [-0.4, -0.2) is 11.7 Å². The summed E-state index contributed by atoms with van der Waals surface area (Å²) in [6.07, 6.45) is 11.8. The van der Waals surface area contributed by atoms with E-state index in [9.17, 15) is 0 Å². The molecule has 0 aromatic heterocycles. The van der Waals surface area contributed by atoms with Crippen molar-refractivity contribution in [2.45, 2.75) is 71.6 Å². The molecule has 0 amide bonds. The summed E-state index contributed by atoms with van der Waals surface area (Å²) in [6.45, 7) is 4.95. The lowest BCUT2D eigenvalue weighted by molar-refractivity contribution is 0.281. The molecule has 1 N–H and O–H groups in total. The van der Waals surface area contributed by atoms with E-state index in [0.29, 0.717) is 6.61 Å². The van der Waals surface area contributed by atoms with Gasteiger partial charge in [0.15, 0.2) is 0 Å². The van der Waals surface area contributed by atoms with Crippen LogP contribution in [0.15, 0.2) is 0 Å². The third-order valence-corrected chi connectivity index (χ3v) is 3.06. The van der Waals surface area contributed by atoms with Crippen LogP contribution in [0.3, 0.4) is 0 Å². The molecule has 0 saturated carbocycles. The van der Waals surface area contributed by atoms with Crippen molar-refractivity contribution in [1.29, 1.82) is 0 Å². The molecule has 0 aromatic rings. The molecule has 1 atom stereocenters. The van der Waals surface area contributed by atoms with E-state index in [1.165, 1.54) is 51.4 Å². The first kappa shape index (κ1) is 14.0. The van der Waals surface area contributed by atoms with Crippen LogP contribution in [0.4, 0.5) is 0 Å². The van der Waals surface area contributed by atoms with Gasteiger partial charge in [-0.15, -0.1) is 0 Å². The Morgan fingerprint density at radius 2 is 1.50 bits per heavy atom. The molecule has 0 aromatic carbocycles. The molecular formula is C13H28O. The van der Waals surface area contributed by atoms with Crippen molar-refractivity contribution in [2.75, 3.05) is 6.61 Å². The number of hydrogen-bond acceptors (Lipinski definition) is 1. The molecule has 0 fully saturated rings. The number of rotatable bonds is 10. The van der Waals surface area contributed by atoms with E-state index < -0.39 is 0 Å². The largest absolute Gasteiger partial charge is 0.396 e. The highest BCUT2D eigenvalue weighted by Gasteiger charge is 2.04. The van der Waals surface area contributed by atoms with Crippen LogP contribution in [0.25, 0.3) is 0 Å². The zero-order valence-electron chi connectivity index (χ0n) is 10.1. The Labute approximate surface area is 89.9 Å². The fourth-order valence-electron chi connectivity index (χ4n) is 1.94. The van der Waals surface area contributed by atoms with Crippen LogP contribution in [-0.2, 0) is 0 Å². The molecule has 0 bridgehead atoms. The Balaban J connectivity index is 3.24. The van der Waals surface area contributed by atoms with Gasteiger partial charge in [0.2, 0.25) is 0 Å². The highest BCUT2D eigenvalue weighted by molar-refractivity contribution is 4.57. The molecule has 1 unspecified atom stereocenters. The minimum atomic E-state index is 0.368. The van der Waals surface area contributed by atoms with Gasteiger partial charge in [0, 0.05) is 6.61 Å². The minimum Gasteiger partial charge on any atom is -0.396 e. The van der Waals surface area contributed by atoms with Crippen molar-refractivity contribution < 1.29 is 5.11 Å². The standard InChI is InChI=1S/C13H28O/c1-3-5-10-13(4-2)11-8-6-7-9-12-14/h13-14H,3-12H2,1-2H3. The molecule has 0 aliphatic heterocycles. The molecule has 1 nitrogen and oxygen atoms in total. The van der Waals surface area contributed by atoms with Gasteiger partial charge in [0.1, 0.15) is 0 Å². The molecule has 1 heteroatoms. The van der Waals surface area contributed by atoms with E-state index >= 15 is 0 Å². The van der Waals surface area contributed by atoms with Crippen LogP contribution in [0.1, 0.15) is 71.6 Å². The van der Waals surface area contributed by atoms with E-state index in [1.807, 2.05) is 0 Å². The summed E-state index contributed by atoms with van der Waals surface area (Å²) >= 11 is 0. The number of unbranched alkanes of at least 4 members (excludes halogenated alkanes) is 4. The van der Waals surface area contributed by atoms with Crippen molar-refractivity contribution >= 4 is 0 Å². The molecule has 0 aliphatic rings.